The second kappa shape index (κ2) is 6.43. The van der Waals surface area contributed by atoms with Crippen LogP contribution in [0.1, 0.15) is 11.3 Å². The molecule has 0 saturated heterocycles. The third-order valence-corrected chi connectivity index (χ3v) is 2.84. The van der Waals surface area contributed by atoms with Gasteiger partial charge in [0.05, 0.1) is 4.34 Å². The van der Waals surface area contributed by atoms with Gasteiger partial charge < -0.3 is 5.32 Å². The molecule has 0 radical (unpaired) electrons. The normalized spacial score (nSPS) is 10.5. The molecular formula is C11H12ClNOS. The Kier molecular flexibility index (Phi) is 5.15. The van der Waals surface area contributed by atoms with Gasteiger partial charge in [-0.05, 0) is 24.6 Å². The van der Waals surface area contributed by atoms with Crippen LogP contribution in [0, 0.1) is 0 Å². The fraction of sp³-hybridized carbons (Fsp3) is 0.182. The molecule has 1 aromatic rings. The number of thiophene rings is 1. The molecule has 0 aliphatic rings. The van der Waals surface area contributed by atoms with E-state index in [-0.39, 0.29) is 5.91 Å². The number of hydrogen-bond donors (Lipinski definition) is 1. The molecule has 1 rings (SSSR count). The fourth-order valence-corrected chi connectivity index (χ4v) is 1.90. The van der Waals surface area contributed by atoms with Crippen LogP contribution in [0.2, 0.25) is 4.34 Å². The van der Waals surface area contributed by atoms with Gasteiger partial charge >= 0.3 is 0 Å². The summed E-state index contributed by atoms with van der Waals surface area (Å²) in [4.78, 5) is 12.2. The Morgan fingerprint density at radius 1 is 1.60 bits per heavy atom. The molecule has 0 fully saturated rings. The molecule has 4 heteroatoms. The molecule has 1 heterocycles. The van der Waals surface area contributed by atoms with E-state index in [9.17, 15) is 4.79 Å². The predicted octanol–water partition coefficient (Wildman–Crippen LogP) is 3.11. The van der Waals surface area contributed by atoms with Crippen LogP contribution in [-0.4, -0.2) is 12.5 Å². The van der Waals surface area contributed by atoms with Crippen molar-refractivity contribution in [2.75, 3.05) is 6.54 Å². The van der Waals surface area contributed by atoms with Gasteiger partial charge in [-0.15, -0.1) is 17.9 Å². The van der Waals surface area contributed by atoms with Crippen LogP contribution in [0.5, 0.6) is 0 Å². The van der Waals surface area contributed by atoms with E-state index in [1.807, 2.05) is 12.1 Å². The smallest absolute Gasteiger partial charge is 0.244 e. The van der Waals surface area contributed by atoms with Crippen LogP contribution in [0.15, 0.2) is 30.9 Å². The van der Waals surface area contributed by atoms with E-state index >= 15 is 0 Å². The quantitative estimate of drug-likeness (QED) is 0.479. The molecule has 0 atom stereocenters. The molecule has 2 nitrogen and oxygen atoms in total. The highest BCUT2D eigenvalue weighted by Gasteiger charge is 1.95. The Morgan fingerprint density at radius 3 is 3.00 bits per heavy atom. The van der Waals surface area contributed by atoms with Crippen molar-refractivity contribution < 1.29 is 4.79 Å². The topological polar surface area (TPSA) is 29.1 Å². The Labute approximate surface area is 98.3 Å². The first-order chi connectivity index (χ1) is 7.22. The average molecular weight is 242 g/mol. The van der Waals surface area contributed by atoms with Gasteiger partial charge in [0.25, 0.3) is 0 Å². The molecule has 0 aliphatic carbocycles. The van der Waals surface area contributed by atoms with Crippen molar-refractivity contribution in [3.63, 3.8) is 0 Å². The van der Waals surface area contributed by atoms with Gasteiger partial charge in [0.2, 0.25) is 5.91 Å². The second-order valence-electron chi connectivity index (χ2n) is 2.84. The van der Waals surface area contributed by atoms with Crippen molar-refractivity contribution >= 4 is 34.9 Å². The zero-order valence-electron chi connectivity index (χ0n) is 8.20. The van der Waals surface area contributed by atoms with Gasteiger partial charge in [-0.2, -0.15) is 0 Å². The van der Waals surface area contributed by atoms with Crippen molar-refractivity contribution in [1.29, 1.82) is 0 Å². The zero-order chi connectivity index (χ0) is 11.1. The maximum Gasteiger partial charge on any atom is 0.244 e. The van der Waals surface area contributed by atoms with E-state index in [2.05, 4.69) is 11.9 Å². The van der Waals surface area contributed by atoms with E-state index in [1.54, 1.807) is 12.2 Å². The van der Waals surface area contributed by atoms with Crippen LogP contribution in [0.4, 0.5) is 0 Å². The van der Waals surface area contributed by atoms with Crippen LogP contribution >= 0.6 is 22.9 Å². The molecule has 0 aliphatic heterocycles. The van der Waals surface area contributed by atoms with Crippen molar-refractivity contribution in [3.8, 4) is 0 Å². The highest BCUT2D eigenvalue weighted by Crippen LogP contribution is 2.22. The van der Waals surface area contributed by atoms with Crippen molar-refractivity contribution in [2.24, 2.45) is 0 Å². The molecule has 1 aromatic heterocycles. The molecule has 0 unspecified atom stereocenters. The highest BCUT2D eigenvalue weighted by atomic mass is 35.5. The van der Waals surface area contributed by atoms with Crippen LogP contribution < -0.4 is 5.32 Å². The summed E-state index contributed by atoms with van der Waals surface area (Å²) in [6.07, 6.45) is 5.80. The maximum atomic E-state index is 11.2. The Hall–Kier alpha value is -1.06. The van der Waals surface area contributed by atoms with Gasteiger partial charge in [0, 0.05) is 17.5 Å². The van der Waals surface area contributed by atoms with Gasteiger partial charge in [-0.1, -0.05) is 17.7 Å². The largest absolute Gasteiger partial charge is 0.352 e. The molecule has 0 aromatic carbocycles. The van der Waals surface area contributed by atoms with E-state index in [0.717, 1.165) is 15.6 Å². The second-order valence-corrected chi connectivity index (χ2v) is 4.59. The van der Waals surface area contributed by atoms with E-state index in [0.29, 0.717) is 6.54 Å². The first-order valence-electron chi connectivity index (χ1n) is 4.54. The fourth-order valence-electron chi connectivity index (χ4n) is 0.932. The minimum absolute atomic E-state index is 0.0960. The maximum absolute atomic E-state index is 11.2. The summed E-state index contributed by atoms with van der Waals surface area (Å²) < 4.78 is 0.724. The van der Waals surface area contributed by atoms with E-state index in [4.69, 9.17) is 11.6 Å². The van der Waals surface area contributed by atoms with Gasteiger partial charge in [0.15, 0.2) is 0 Å². The summed E-state index contributed by atoms with van der Waals surface area (Å²) >= 11 is 7.19. The van der Waals surface area contributed by atoms with Gasteiger partial charge in [0.1, 0.15) is 0 Å². The number of rotatable bonds is 5. The summed E-state index contributed by atoms with van der Waals surface area (Å²) in [6, 6.07) is 3.68. The van der Waals surface area contributed by atoms with Gasteiger partial charge in [-0.3, -0.25) is 4.79 Å². The lowest BCUT2D eigenvalue weighted by Crippen LogP contribution is -2.21. The summed E-state index contributed by atoms with van der Waals surface area (Å²) in [7, 11) is 0. The lowest BCUT2D eigenvalue weighted by molar-refractivity contribution is -0.116. The summed E-state index contributed by atoms with van der Waals surface area (Å²) in [5.41, 5.74) is 0. The first-order valence-corrected chi connectivity index (χ1v) is 5.74. The molecule has 0 bridgehead atoms. The van der Waals surface area contributed by atoms with E-state index in [1.165, 1.54) is 17.4 Å². The lowest BCUT2D eigenvalue weighted by Gasteiger charge is -1.96. The van der Waals surface area contributed by atoms with Crippen LogP contribution in [-0.2, 0) is 4.79 Å². The molecule has 15 heavy (non-hydrogen) atoms. The number of carbonyl (C=O) groups is 1. The minimum Gasteiger partial charge on any atom is -0.352 e. The first kappa shape index (κ1) is 12.0. The summed E-state index contributed by atoms with van der Waals surface area (Å²) in [6.45, 7) is 4.19. The Balaban J connectivity index is 2.37. The van der Waals surface area contributed by atoms with E-state index < -0.39 is 0 Å². The monoisotopic (exact) mass is 241 g/mol. The average Bonchev–Trinajstić information content (AvgIpc) is 2.62. The molecule has 1 amide bonds. The van der Waals surface area contributed by atoms with Crippen LogP contribution in [0.25, 0.3) is 6.08 Å². The van der Waals surface area contributed by atoms with Gasteiger partial charge in [-0.25, -0.2) is 0 Å². The highest BCUT2D eigenvalue weighted by molar-refractivity contribution is 7.17. The number of carbonyl (C=O) groups excluding carboxylic acids is 1. The minimum atomic E-state index is -0.0960. The number of amides is 1. The molecular weight excluding hydrogens is 230 g/mol. The molecule has 1 N–H and O–H groups in total. The summed E-state index contributed by atoms with van der Waals surface area (Å²) in [5.74, 6) is -0.0960. The number of hydrogen-bond acceptors (Lipinski definition) is 2. The van der Waals surface area contributed by atoms with Crippen molar-refractivity contribution in [1.82, 2.24) is 5.32 Å². The SMILES string of the molecule is C=CCCNC(=O)/C=C/c1ccc(Cl)s1. The number of nitrogens with one attached hydrogen (secondary N) is 1. The molecule has 0 saturated carbocycles. The van der Waals surface area contributed by atoms with Crippen molar-refractivity contribution in [2.45, 2.75) is 6.42 Å². The standard InChI is InChI=1S/C11H12ClNOS/c1-2-3-8-13-11(14)7-5-9-4-6-10(12)15-9/h2,4-7H,1,3,8H2,(H,13,14)/b7-5+. The van der Waals surface area contributed by atoms with Crippen molar-refractivity contribution in [3.05, 3.63) is 40.1 Å². The Morgan fingerprint density at radius 2 is 2.40 bits per heavy atom. The lowest BCUT2D eigenvalue weighted by atomic mass is 10.4. The molecule has 80 valence electrons. The third-order valence-electron chi connectivity index (χ3n) is 1.64. The zero-order valence-corrected chi connectivity index (χ0v) is 9.77. The molecule has 0 spiro atoms. The predicted molar refractivity (Wildman–Crippen MR) is 66.2 cm³/mol. The third kappa shape index (κ3) is 4.81. The Bertz CT molecular complexity index is 370. The number of halogens is 1. The summed E-state index contributed by atoms with van der Waals surface area (Å²) in [5, 5.41) is 2.74. The van der Waals surface area contributed by atoms with Crippen LogP contribution in [0.3, 0.4) is 0 Å².